The van der Waals surface area contributed by atoms with Crippen molar-refractivity contribution in [3.05, 3.63) is 57.6 Å². The Labute approximate surface area is 275 Å². The molecular formula is C35H56N4O7. The van der Waals surface area contributed by atoms with E-state index in [1.807, 2.05) is 59.1 Å². The van der Waals surface area contributed by atoms with Crippen LogP contribution in [0.4, 0.5) is 4.79 Å². The monoisotopic (exact) mass is 644 g/mol. The zero-order chi connectivity index (χ0) is 34.7. The lowest BCUT2D eigenvalue weighted by molar-refractivity contribution is 0.0406. The summed E-state index contributed by atoms with van der Waals surface area (Å²) in [7, 11) is 6.84. The molecule has 0 unspecified atom stereocenters. The zero-order valence-corrected chi connectivity index (χ0v) is 29.6. The average molecular weight is 645 g/mol. The highest BCUT2D eigenvalue weighted by atomic mass is 16.6. The third-order valence-electron chi connectivity index (χ3n) is 6.23. The van der Waals surface area contributed by atoms with Crippen LogP contribution in [0.15, 0.2) is 35.4 Å². The van der Waals surface area contributed by atoms with Gasteiger partial charge in [-0.2, -0.15) is 0 Å². The summed E-state index contributed by atoms with van der Waals surface area (Å²) < 4.78 is 29.2. The fourth-order valence-electron chi connectivity index (χ4n) is 4.29. The number of aryl methyl sites for hydroxylation is 1. The fraction of sp³-hybridized carbons (Fsp3) is 0.543. The first-order valence-electron chi connectivity index (χ1n) is 15.7. The smallest absolute Gasteiger partial charge is 0.407 e. The minimum Gasteiger partial charge on any atom is -0.496 e. The van der Waals surface area contributed by atoms with Crippen molar-refractivity contribution in [2.75, 3.05) is 60.8 Å². The van der Waals surface area contributed by atoms with Crippen molar-refractivity contribution in [2.24, 2.45) is 7.05 Å². The lowest BCUT2D eigenvalue weighted by Gasteiger charge is -2.19. The number of hydrogen-bond donors (Lipinski definition) is 3. The first kappa shape index (κ1) is 40.2. The van der Waals surface area contributed by atoms with Crippen LogP contribution in [0, 0.1) is 0 Å². The van der Waals surface area contributed by atoms with Gasteiger partial charge in [-0.05, 0) is 64.1 Å². The molecule has 46 heavy (non-hydrogen) atoms. The summed E-state index contributed by atoms with van der Waals surface area (Å²) in [5.74, 6) is 1.37. The van der Waals surface area contributed by atoms with E-state index in [0.29, 0.717) is 63.1 Å². The maximum absolute atomic E-state index is 13.0. The lowest BCUT2D eigenvalue weighted by Crippen LogP contribution is -2.34. The molecule has 11 nitrogen and oxygen atoms in total. The van der Waals surface area contributed by atoms with E-state index >= 15 is 0 Å². The van der Waals surface area contributed by atoms with Gasteiger partial charge in [0.05, 0.1) is 40.6 Å². The number of rotatable bonds is 17. The van der Waals surface area contributed by atoms with Crippen molar-refractivity contribution >= 4 is 18.2 Å². The van der Waals surface area contributed by atoms with Gasteiger partial charge in [0.1, 0.15) is 17.1 Å². The number of nitrogens with one attached hydrogen (secondary N) is 3. The Morgan fingerprint density at radius 2 is 1.50 bits per heavy atom. The Balaban J connectivity index is 0.00000338. The number of alkyl carbamates (subject to hydrolysis) is 1. The van der Waals surface area contributed by atoms with Gasteiger partial charge in [-0.15, -0.1) is 0 Å². The largest absolute Gasteiger partial charge is 0.496 e. The third kappa shape index (κ3) is 13.7. The van der Waals surface area contributed by atoms with Crippen molar-refractivity contribution < 1.29 is 28.5 Å². The summed E-state index contributed by atoms with van der Waals surface area (Å²) in [6.07, 6.45) is 6.12. The number of pyridine rings is 1. The maximum atomic E-state index is 13.0. The summed E-state index contributed by atoms with van der Waals surface area (Å²) >= 11 is 0. The van der Waals surface area contributed by atoms with Gasteiger partial charge in [0.2, 0.25) is 0 Å². The summed E-state index contributed by atoms with van der Waals surface area (Å²) in [6, 6.07) is 3.90. The van der Waals surface area contributed by atoms with E-state index in [4.69, 9.17) is 23.7 Å². The minimum absolute atomic E-state index is 0.145. The van der Waals surface area contributed by atoms with E-state index in [-0.39, 0.29) is 5.56 Å². The van der Waals surface area contributed by atoms with Crippen LogP contribution < -0.4 is 31.0 Å². The van der Waals surface area contributed by atoms with Crippen molar-refractivity contribution in [3.8, 4) is 22.6 Å². The second-order valence-electron chi connectivity index (χ2n) is 11.5. The topological polar surface area (TPSA) is 121 Å². The highest BCUT2D eigenvalue weighted by Crippen LogP contribution is 2.37. The van der Waals surface area contributed by atoms with Crippen molar-refractivity contribution in [2.45, 2.75) is 60.1 Å². The van der Waals surface area contributed by atoms with Crippen LogP contribution in [0.2, 0.25) is 0 Å². The van der Waals surface area contributed by atoms with E-state index in [1.54, 1.807) is 31.9 Å². The Hall–Kier alpha value is -3.80. The van der Waals surface area contributed by atoms with Crippen LogP contribution in [0.3, 0.4) is 0 Å². The molecule has 0 radical (unpaired) electrons. The van der Waals surface area contributed by atoms with Crippen LogP contribution >= 0.6 is 0 Å². The number of ether oxygens (including phenoxy) is 5. The molecule has 0 aliphatic heterocycles. The summed E-state index contributed by atoms with van der Waals surface area (Å²) in [6.45, 7) is 18.7. The predicted molar refractivity (Wildman–Crippen MR) is 187 cm³/mol. The Morgan fingerprint density at radius 3 is 1.98 bits per heavy atom. The molecule has 0 atom stereocenters. The van der Waals surface area contributed by atoms with Gasteiger partial charge in [0.15, 0.2) is 0 Å². The van der Waals surface area contributed by atoms with E-state index in [9.17, 15) is 9.59 Å². The van der Waals surface area contributed by atoms with Crippen molar-refractivity contribution in [1.29, 1.82) is 0 Å². The van der Waals surface area contributed by atoms with E-state index in [1.165, 1.54) is 6.42 Å². The maximum Gasteiger partial charge on any atom is 0.407 e. The van der Waals surface area contributed by atoms with E-state index in [2.05, 4.69) is 36.4 Å². The second-order valence-corrected chi connectivity index (χ2v) is 11.5. The highest BCUT2D eigenvalue weighted by Gasteiger charge is 2.18. The molecule has 0 aliphatic rings. The standard InChI is InChI=1S/C32H48N4O7.C3H8/c1-10-24-25(17-22(2)34-11-13-41-15-16-42-14-12-35-31(38)43-32(3,4)5)27(21-36(7)30(24)37)23-18-28(39-8)26(20-33-6)29(19-23)40-9;1-3-2/h10,17-19,21,33-34H,1,11-16,20H2,2-9H3,(H,35,38);3H2,1-2H3/b22-17+;. The number of benzene rings is 1. The van der Waals surface area contributed by atoms with Gasteiger partial charge in [0, 0.05) is 55.3 Å². The second kappa shape index (κ2) is 21.1. The average Bonchev–Trinajstić information content (AvgIpc) is 2.99. The summed E-state index contributed by atoms with van der Waals surface area (Å²) in [4.78, 5) is 24.6. The zero-order valence-electron chi connectivity index (χ0n) is 29.6. The summed E-state index contributed by atoms with van der Waals surface area (Å²) in [5, 5.41) is 9.13. The molecule has 0 spiro atoms. The molecule has 3 N–H and O–H groups in total. The molecule has 1 amide bonds. The Kier molecular flexibility index (Phi) is 18.4. The third-order valence-corrected chi connectivity index (χ3v) is 6.23. The molecule has 258 valence electrons. The van der Waals surface area contributed by atoms with Gasteiger partial charge in [0.25, 0.3) is 5.56 Å². The Morgan fingerprint density at radius 1 is 0.957 bits per heavy atom. The predicted octanol–water partition coefficient (Wildman–Crippen LogP) is 5.36. The number of nitrogens with zero attached hydrogens (tertiary/aromatic N) is 1. The van der Waals surface area contributed by atoms with Crippen molar-refractivity contribution in [1.82, 2.24) is 20.5 Å². The number of aromatic nitrogens is 1. The molecule has 0 saturated heterocycles. The molecule has 11 heteroatoms. The molecule has 2 rings (SSSR count). The van der Waals surface area contributed by atoms with Crippen LogP contribution in [0.5, 0.6) is 11.5 Å². The normalized spacial score (nSPS) is 11.3. The number of methoxy groups -OCH3 is 2. The molecule has 1 aromatic carbocycles. The van der Waals surface area contributed by atoms with E-state index < -0.39 is 11.7 Å². The summed E-state index contributed by atoms with van der Waals surface area (Å²) in [5.41, 5.74) is 4.00. The van der Waals surface area contributed by atoms with Crippen LogP contribution in [-0.4, -0.2) is 77.0 Å². The number of allylic oxidation sites excluding steroid dienone is 1. The van der Waals surface area contributed by atoms with Gasteiger partial charge in [-0.1, -0.05) is 32.9 Å². The number of hydrogen-bond acceptors (Lipinski definition) is 9. The van der Waals surface area contributed by atoms with Gasteiger partial charge >= 0.3 is 6.09 Å². The van der Waals surface area contributed by atoms with Crippen LogP contribution in [0.25, 0.3) is 23.3 Å². The molecule has 0 saturated carbocycles. The molecule has 1 aromatic heterocycles. The first-order valence-corrected chi connectivity index (χ1v) is 15.7. The number of carbonyl (C=O) groups is 1. The first-order chi connectivity index (χ1) is 21.9. The highest BCUT2D eigenvalue weighted by molar-refractivity contribution is 5.82. The molecule has 0 bridgehead atoms. The molecule has 2 aromatic rings. The van der Waals surface area contributed by atoms with Gasteiger partial charge < -0.3 is 44.2 Å². The quantitative estimate of drug-likeness (QED) is 0.196. The van der Waals surface area contributed by atoms with Gasteiger partial charge in [-0.3, -0.25) is 4.79 Å². The fourth-order valence-corrected chi connectivity index (χ4v) is 4.29. The van der Waals surface area contributed by atoms with Crippen LogP contribution in [-0.2, 0) is 27.8 Å². The Bertz CT molecular complexity index is 1300. The minimum atomic E-state index is -0.532. The molecule has 1 heterocycles. The number of carbonyl (C=O) groups excluding carboxylic acids is 1. The van der Waals surface area contributed by atoms with Crippen LogP contribution in [0.1, 0.15) is 64.7 Å². The van der Waals surface area contributed by atoms with Crippen molar-refractivity contribution in [3.63, 3.8) is 0 Å². The molecular weight excluding hydrogens is 588 g/mol. The van der Waals surface area contributed by atoms with E-state index in [0.717, 1.165) is 28.0 Å². The molecule has 0 aliphatic carbocycles. The number of amides is 1. The molecule has 0 fully saturated rings. The van der Waals surface area contributed by atoms with Gasteiger partial charge in [-0.25, -0.2) is 4.79 Å². The lowest BCUT2D eigenvalue weighted by atomic mass is 9.95. The SMILES string of the molecule is C=Cc1c(/C=C(\C)NCCOCCOCCNC(=O)OC(C)(C)C)c(-c2cc(OC)c(CNC)c(OC)c2)cn(C)c1=O.CCC.